The van der Waals surface area contributed by atoms with Crippen LogP contribution in [0, 0.1) is 0 Å². The molecule has 1 heteroatoms. The Hall–Kier alpha value is -0.0400. The maximum Gasteiger partial charge on any atom is 0 e. The van der Waals surface area contributed by atoms with E-state index in [1.165, 1.54) is 45.2 Å². The third kappa shape index (κ3) is 16.5. The van der Waals surface area contributed by atoms with Gasteiger partial charge >= 0.3 is 0 Å². The van der Waals surface area contributed by atoms with Crippen molar-refractivity contribution in [1.82, 2.24) is 5.32 Å². The lowest BCUT2D eigenvalue weighted by Crippen LogP contribution is -2.15. The van der Waals surface area contributed by atoms with Crippen molar-refractivity contribution < 1.29 is 1.43 Å². The lowest BCUT2D eigenvalue weighted by Gasteiger charge is -2.00. The normalized spacial score (nSPS) is 9.00. The summed E-state index contributed by atoms with van der Waals surface area (Å²) < 4.78 is 0. The molecule has 0 saturated carbocycles. The van der Waals surface area contributed by atoms with E-state index in [1.807, 2.05) is 13.8 Å². The monoisotopic (exact) mass is 175 g/mol. The molecule has 0 radical (unpaired) electrons. The zero-order valence-electron chi connectivity index (χ0n) is 9.45. The molecule has 0 fully saturated rings. The number of hydrogen-bond donors (Lipinski definition) is 1. The summed E-state index contributed by atoms with van der Waals surface area (Å²) in [4.78, 5) is 0. The predicted octanol–water partition coefficient (Wildman–Crippen LogP) is 3.84. The molecular weight excluding hydrogens is 146 g/mol. The molecule has 12 heavy (non-hydrogen) atoms. The first-order chi connectivity index (χ1) is 5.91. The van der Waals surface area contributed by atoms with Gasteiger partial charge in [0.1, 0.15) is 0 Å². The molecule has 1 N–H and O–H groups in total. The van der Waals surface area contributed by atoms with Gasteiger partial charge in [0.2, 0.25) is 0 Å². The van der Waals surface area contributed by atoms with Crippen LogP contribution in [0.4, 0.5) is 0 Å². The second-order valence-electron chi connectivity index (χ2n) is 2.81. The van der Waals surface area contributed by atoms with Gasteiger partial charge in [-0.25, -0.2) is 0 Å². The van der Waals surface area contributed by atoms with E-state index in [4.69, 9.17) is 0 Å². The molecule has 0 aromatic heterocycles. The van der Waals surface area contributed by atoms with Crippen LogP contribution in [0.25, 0.3) is 0 Å². The van der Waals surface area contributed by atoms with Gasteiger partial charge < -0.3 is 5.32 Å². The number of rotatable bonds is 7. The van der Waals surface area contributed by atoms with E-state index < -0.39 is 0 Å². The number of nitrogens with one attached hydrogen (secondary N) is 1. The summed E-state index contributed by atoms with van der Waals surface area (Å²) in [6.07, 6.45) is 6.75. The van der Waals surface area contributed by atoms with E-state index >= 15 is 0 Å². The Morgan fingerprint density at radius 3 is 2.00 bits per heavy atom. The van der Waals surface area contributed by atoms with E-state index in [0.717, 1.165) is 0 Å². The Bertz CT molecular complexity index is 50.1. The zero-order valence-corrected chi connectivity index (χ0v) is 9.45. The molecule has 0 aliphatic rings. The maximum atomic E-state index is 3.39. The molecule has 0 atom stereocenters. The lowest BCUT2D eigenvalue weighted by molar-refractivity contribution is 0.594. The minimum atomic E-state index is 0. The van der Waals surface area contributed by atoms with Crippen molar-refractivity contribution in [2.75, 3.05) is 13.1 Å². The van der Waals surface area contributed by atoms with E-state index in [2.05, 4.69) is 19.2 Å². The summed E-state index contributed by atoms with van der Waals surface area (Å²) in [7, 11) is 0. The van der Waals surface area contributed by atoms with E-state index in [-0.39, 0.29) is 1.43 Å². The zero-order chi connectivity index (χ0) is 9.66. The largest absolute Gasteiger partial charge is 0.317 e. The fraction of sp³-hybridized carbons (Fsp3) is 1.00. The van der Waals surface area contributed by atoms with Gasteiger partial charge in [0.25, 0.3) is 0 Å². The average Bonchev–Trinajstić information content (AvgIpc) is 2.15. The van der Waals surface area contributed by atoms with Crippen LogP contribution in [0.5, 0.6) is 0 Å². The van der Waals surface area contributed by atoms with Crippen molar-refractivity contribution in [2.45, 2.75) is 59.8 Å². The summed E-state index contributed by atoms with van der Waals surface area (Å²) >= 11 is 0. The highest BCUT2D eigenvalue weighted by Gasteiger charge is 1.85. The Labute approximate surface area is 80.4 Å². The molecule has 0 amide bonds. The van der Waals surface area contributed by atoms with Gasteiger partial charge in [0, 0.05) is 1.43 Å². The van der Waals surface area contributed by atoms with E-state index in [1.54, 1.807) is 0 Å². The van der Waals surface area contributed by atoms with Gasteiger partial charge in [0.05, 0.1) is 0 Å². The summed E-state index contributed by atoms with van der Waals surface area (Å²) in [6.45, 7) is 10.9. The minimum Gasteiger partial charge on any atom is -0.317 e. The number of unbranched alkanes of at least 4 members (excludes halogenated alkanes) is 3. The van der Waals surface area contributed by atoms with Crippen molar-refractivity contribution in [3.8, 4) is 0 Å². The van der Waals surface area contributed by atoms with Crippen LogP contribution in [0.3, 0.4) is 0 Å². The summed E-state index contributed by atoms with van der Waals surface area (Å²) in [5, 5.41) is 3.39. The molecule has 0 aromatic carbocycles. The van der Waals surface area contributed by atoms with Gasteiger partial charge in [0.15, 0.2) is 0 Å². The van der Waals surface area contributed by atoms with E-state index in [0.29, 0.717) is 0 Å². The van der Waals surface area contributed by atoms with Gasteiger partial charge in [-0.1, -0.05) is 47.0 Å². The van der Waals surface area contributed by atoms with Gasteiger partial charge in [-0.3, -0.25) is 0 Å². The van der Waals surface area contributed by atoms with Crippen LogP contribution in [-0.2, 0) is 0 Å². The van der Waals surface area contributed by atoms with Gasteiger partial charge in [-0.05, 0) is 25.9 Å². The van der Waals surface area contributed by atoms with Crippen molar-refractivity contribution in [3.63, 3.8) is 0 Å². The molecule has 0 saturated heterocycles. The Morgan fingerprint density at radius 2 is 1.50 bits per heavy atom. The second-order valence-corrected chi connectivity index (χ2v) is 2.81. The first kappa shape index (κ1) is 14.5. The quantitative estimate of drug-likeness (QED) is 0.580. The summed E-state index contributed by atoms with van der Waals surface area (Å²) in [5.74, 6) is 0. The third-order valence-corrected chi connectivity index (χ3v) is 1.63. The molecule has 0 heterocycles. The molecule has 1 nitrogen and oxygen atoms in total. The topological polar surface area (TPSA) is 12.0 Å². The third-order valence-electron chi connectivity index (χ3n) is 1.63. The predicted molar refractivity (Wildman–Crippen MR) is 60.8 cm³/mol. The maximum absolute atomic E-state index is 3.39. The molecular formula is C11H29N. The molecule has 0 spiro atoms. The molecule has 78 valence electrons. The molecule has 0 aliphatic carbocycles. The average molecular weight is 175 g/mol. The molecule has 0 aliphatic heterocycles. The molecule has 0 bridgehead atoms. The second kappa shape index (κ2) is 17.2. The Kier molecular flexibility index (Phi) is 20.7. The van der Waals surface area contributed by atoms with Gasteiger partial charge in [-0.15, -0.1) is 0 Å². The highest BCUT2D eigenvalue weighted by atomic mass is 14.8. The molecule has 0 rings (SSSR count). The highest BCUT2D eigenvalue weighted by Crippen LogP contribution is 1.96. The highest BCUT2D eigenvalue weighted by molar-refractivity contribution is 4.46. The Morgan fingerprint density at radius 1 is 0.833 bits per heavy atom. The van der Waals surface area contributed by atoms with Crippen LogP contribution < -0.4 is 5.32 Å². The fourth-order valence-electron chi connectivity index (χ4n) is 0.979. The fourth-order valence-corrected chi connectivity index (χ4v) is 0.979. The van der Waals surface area contributed by atoms with Crippen molar-refractivity contribution >= 4 is 0 Å². The van der Waals surface area contributed by atoms with Crippen LogP contribution >= 0.6 is 0 Å². The van der Waals surface area contributed by atoms with Crippen molar-refractivity contribution in [3.05, 3.63) is 0 Å². The summed E-state index contributed by atoms with van der Waals surface area (Å²) in [5.41, 5.74) is 0. The van der Waals surface area contributed by atoms with Crippen molar-refractivity contribution in [2.24, 2.45) is 0 Å². The number of hydrogen-bond acceptors (Lipinski definition) is 1. The van der Waals surface area contributed by atoms with E-state index in [9.17, 15) is 0 Å². The standard InChI is InChI=1S/C9H21N.C2H6.H2/c1-3-5-6-7-9-10-8-4-2;1-2;/h10H,3-9H2,1-2H3;1-2H3;1H. The minimum absolute atomic E-state index is 0. The van der Waals surface area contributed by atoms with Crippen LogP contribution in [-0.4, -0.2) is 13.1 Å². The SMILES string of the molecule is CC.CCCCCCNCCC.[HH]. The van der Waals surface area contributed by atoms with Crippen LogP contribution in [0.15, 0.2) is 0 Å². The Balaban J connectivity index is -0.000000309. The van der Waals surface area contributed by atoms with Crippen LogP contribution in [0.1, 0.15) is 61.2 Å². The smallest absolute Gasteiger partial charge is 0 e. The first-order valence-corrected chi connectivity index (χ1v) is 5.62. The van der Waals surface area contributed by atoms with Crippen molar-refractivity contribution in [1.29, 1.82) is 0 Å². The molecule has 0 aromatic rings. The first-order valence-electron chi connectivity index (χ1n) is 5.62. The van der Waals surface area contributed by atoms with Gasteiger partial charge in [-0.2, -0.15) is 0 Å². The summed E-state index contributed by atoms with van der Waals surface area (Å²) in [6, 6.07) is 0. The molecule has 0 unspecified atom stereocenters. The van der Waals surface area contributed by atoms with Crippen LogP contribution in [0.2, 0.25) is 0 Å². The lowest BCUT2D eigenvalue weighted by atomic mass is 10.2.